The Morgan fingerprint density at radius 2 is 1.52 bits per heavy atom. The summed E-state index contributed by atoms with van der Waals surface area (Å²) in [5, 5.41) is 2.73. The van der Waals surface area contributed by atoms with Gasteiger partial charge in [-0.2, -0.15) is 0 Å². The lowest BCUT2D eigenvalue weighted by atomic mass is 10.2. The van der Waals surface area contributed by atoms with Gasteiger partial charge in [0, 0.05) is 29.3 Å². The number of hydrogen-bond donors (Lipinski definition) is 1. The normalized spacial score (nSPS) is 10.3. The van der Waals surface area contributed by atoms with Gasteiger partial charge in [0.1, 0.15) is 5.82 Å². The lowest BCUT2D eigenvalue weighted by Gasteiger charge is -2.07. The second-order valence-electron chi connectivity index (χ2n) is 4.60. The van der Waals surface area contributed by atoms with E-state index in [2.05, 4.69) is 5.32 Å². The maximum absolute atomic E-state index is 12.8. The fourth-order valence-electron chi connectivity index (χ4n) is 2.03. The molecule has 1 N–H and O–H groups in total. The van der Waals surface area contributed by atoms with Crippen LogP contribution in [0.2, 0.25) is 0 Å². The van der Waals surface area contributed by atoms with Crippen LogP contribution in [0.25, 0.3) is 5.69 Å². The molecular weight excluding hydrogens is 267 g/mol. The Hall–Kier alpha value is -2.88. The van der Waals surface area contributed by atoms with Crippen LogP contribution in [0.1, 0.15) is 10.4 Å². The first kappa shape index (κ1) is 13.1. The molecule has 2 aromatic carbocycles. The van der Waals surface area contributed by atoms with E-state index in [-0.39, 0.29) is 11.7 Å². The Labute approximate surface area is 121 Å². The Balaban J connectivity index is 1.74. The van der Waals surface area contributed by atoms with E-state index in [1.165, 1.54) is 24.3 Å². The number of rotatable bonds is 3. The van der Waals surface area contributed by atoms with Gasteiger partial charge in [-0.15, -0.1) is 0 Å². The molecule has 0 bridgehead atoms. The van der Waals surface area contributed by atoms with Crippen molar-refractivity contribution in [3.05, 3.63) is 84.4 Å². The van der Waals surface area contributed by atoms with Crippen LogP contribution in [0.15, 0.2) is 73.1 Å². The quantitative estimate of drug-likeness (QED) is 0.776. The van der Waals surface area contributed by atoms with Crippen molar-refractivity contribution in [2.75, 3.05) is 5.32 Å². The summed E-state index contributed by atoms with van der Waals surface area (Å²) in [7, 11) is 0. The predicted octanol–water partition coefficient (Wildman–Crippen LogP) is 3.87. The minimum atomic E-state index is -0.330. The molecule has 3 rings (SSSR count). The maximum atomic E-state index is 12.8. The predicted molar refractivity (Wildman–Crippen MR) is 80.1 cm³/mol. The highest BCUT2D eigenvalue weighted by atomic mass is 19.1. The third-order valence-electron chi connectivity index (χ3n) is 3.13. The van der Waals surface area contributed by atoms with E-state index in [1.807, 2.05) is 41.2 Å². The molecule has 21 heavy (non-hydrogen) atoms. The van der Waals surface area contributed by atoms with Crippen molar-refractivity contribution < 1.29 is 9.18 Å². The second-order valence-corrected chi connectivity index (χ2v) is 4.60. The standard InChI is InChI=1S/C17H13FN2O/c18-14-5-7-15(8-6-14)19-17(21)13-3-9-16(10-4-13)20-11-1-2-12-20/h1-12H,(H,19,21). The maximum Gasteiger partial charge on any atom is 0.255 e. The summed E-state index contributed by atoms with van der Waals surface area (Å²) in [6.45, 7) is 0. The van der Waals surface area contributed by atoms with Gasteiger partial charge in [0.2, 0.25) is 0 Å². The van der Waals surface area contributed by atoms with Crippen LogP contribution in [0.4, 0.5) is 10.1 Å². The number of nitrogens with one attached hydrogen (secondary N) is 1. The molecule has 1 amide bonds. The second kappa shape index (κ2) is 5.63. The van der Waals surface area contributed by atoms with Gasteiger partial charge in [0.15, 0.2) is 0 Å². The zero-order valence-electron chi connectivity index (χ0n) is 11.2. The number of anilines is 1. The molecule has 0 unspecified atom stereocenters. The van der Waals surface area contributed by atoms with Crippen molar-refractivity contribution >= 4 is 11.6 Å². The summed E-state index contributed by atoms with van der Waals surface area (Å²) in [4.78, 5) is 12.1. The first-order valence-corrected chi connectivity index (χ1v) is 6.53. The lowest BCUT2D eigenvalue weighted by molar-refractivity contribution is 0.102. The van der Waals surface area contributed by atoms with Crippen molar-refractivity contribution in [1.82, 2.24) is 4.57 Å². The molecule has 0 saturated heterocycles. The van der Waals surface area contributed by atoms with Crippen molar-refractivity contribution in [3.63, 3.8) is 0 Å². The summed E-state index contributed by atoms with van der Waals surface area (Å²) >= 11 is 0. The topological polar surface area (TPSA) is 34.0 Å². The average molecular weight is 280 g/mol. The highest BCUT2D eigenvalue weighted by Gasteiger charge is 2.06. The van der Waals surface area contributed by atoms with Crippen molar-refractivity contribution in [1.29, 1.82) is 0 Å². The largest absolute Gasteiger partial charge is 0.324 e. The fraction of sp³-hybridized carbons (Fsp3) is 0. The number of carbonyl (C=O) groups excluding carboxylic acids is 1. The molecule has 0 radical (unpaired) electrons. The van der Waals surface area contributed by atoms with E-state index in [0.717, 1.165) is 5.69 Å². The highest BCUT2D eigenvalue weighted by Crippen LogP contribution is 2.13. The molecule has 0 saturated carbocycles. The smallest absolute Gasteiger partial charge is 0.255 e. The minimum Gasteiger partial charge on any atom is -0.324 e. The molecule has 0 aliphatic heterocycles. The Bertz CT molecular complexity index is 731. The van der Waals surface area contributed by atoms with Crippen LogP contribution in [-0.4, -0.2) is 10.5 Å². The van der Waals surface area contributed by atoms with Crippen LogP contribution in [0.3, 0.4) is 0 Å². The minimum absolute atomic E-state index is 0.222. The van der Waals surface area contributed by atoms with E-state index in [1.54, 1.807) is 12.1 Å². The molecule has 3 nitrogen and oxygen atoms in total. The molecule has 1 heterocycles. The molecule has 1 aromatic heterocycles. The third-order valence-corrected chi connectivity index (χ3v) is 3.13. The van der Waals surface area contributed by atoms with Gasteiger partial charge in [-0.1, -0.05) is 0 Å². The summed E-state index contributed by atoms with van der Waals surface area (Å²) in [6, 6.07) is 16.8. The SMILES string of the molecule is O=C(Nc1ccc(F)cc1)c1ccc(-n2cccc2)cc1. The number of amides is 1. The summed E-state index contributed by atoms with van der Waals surface area (Å²) in [5.41, 5.74) is 2.10. The number of carbonyl (C=O) groups is 1. The van der Waals surface area contributed by atoms with Gasteiger partial charge in [-0.25, -0.2) is 4.39 Å². The molecule has 0 aliphatic carbocycles. The van der Waals surface area contributed by atoms with Gasteiger partial charge < -0.3 is 9.88 Å². The number of aromatic nitrogens is 1. The van der Waals surface area contributed by atoms with E-state index in [0.29, 0.717) is 11.3 Å². The van der Waals surface area contributed by atoms with Crippen molar-refractivity contribution in [2.24, 2.45) is 0 Å². The Morgan fingerprint density at radius 3 is 2.14 bits per heavy atom. The average Bonchev–Trinajstić information content (AvgIpc) is 3.04. The molecule has 0 aliphatic rings. The van der Waals surface area contributed by atoms with Gasteiger partial charge >= 0.3 is 0 Å². The molecule has 104 valence electrons. The summed E-state index contributed by atoms with van der Waals surface area (Å²) < 4.78 is 14.8. The van der Waals surface area contributed by atoms with E-state index in [9.17, 15) is 9.18 Å². The molecule has 3 aromatic rings. The Morgan fingerprint density at radius 1 is 0.905 bits per heavy atom. The van der Waals surface area contributed by atoms with Gasteiger partial charge in [0.25, 0.3) is 5.91 Å². The Kier molecular flexibility index (Phi) is 3.51. The molecular formula is C17H13FN2O. The first-order chi connectivity index (χ1) is 10.2. The van der Waals surface area contributed by atoms with Crippen LogP contribution in [-0.2, 0) is 0 Å². The van der Waals surface area contributed by atoms with E-state index < -0.39 is 0 Å². The van der Waals surface area contributed by atoms with Gasteiger partial charge in [-0.3, -0.25) is 4.79 Å². The number of benzene rings is 2. The fourth-order valence-corrected chi connectivity index (χ4v) is 2.03. The van der Waals surface area contributed by atoms with Crippen LogP contribution in [0, 0.1) is 5.82 Å². The zero-order chi connectivity index (χ0) is 14.7. The summed E-state index contributed by atoms with van der Waals surface area (Å²) in [6.07, 6.45) is 3.88. The number of nitrogens with zero attached hydrogens (tertiary/aromatic N) is 1. The third kappa shape index (κ3) is 3.00. The van der Waals surface area contributed by atoms with Crippen LogP contribution in [0.5, 0.6) is 0 Å². The number of halogens is 1. The lowest BCUT2D eigenvalue weighted by Crippen LogP contribution is -2.11. The van der Waals surface area contributed by atoms with Crippen LogP contribution >= 0.6 is 0 Å². The summed E-state index contributed by atoms with van der Waals surface area (Å²) in [5.74, 6) is -0.551. The first-order valence-electron chi connectivity index (χ1n) is 6.53. The van der Waals surface area contributed by atoms with E-state index in [4.69, 9.17) is 0 Å². The molecule has 0 fully saturated rings. The number of hydrogen-bond acceptors (Lipinski definition) is 1. The highest BCUT2D eigenvalue weighted by molar-refractivity contribution is 6.04. The van der Waals surface area contributed by atoms with Gasteiger partial charge in [0.05, 0.1) is 0 Å². The van der Waals surface area contributed by atoms with Crippen molar-refractivity contribution in [3.8, 4) is 5.69 Å². The van der Waals surface area contributed by atoms with Crippen LogP contribution < -0.4 is 5.32 Å². The molecule has 0 spiro atoms. The van der Waals surface area contributed by atoms with Gasteiger partial charge in [-0.05, 0) is 60.7 Å². The van der Waals surface area contributed by atoms with Crippen molar-refractivity contribution in [2.45, 2.75) is 0 Å². The van der Waals surface area contributed by atoms with E-state index >= 15 is 0 Å². The molecule has 0 atom stereocenters. The molecule has 4 heteroatoms. The monoisotopic (exact) mass is 280 g/mol. The zero-order valence-corrected chi connectivity index (χ0v) is 11.2.